The summed E-state index contributed by atoms with van der Waals surface area (Å²) < 4.78 is 24.2. The Hall–Kier alpha value is -6.43. The van der Waals surface area contributed by atoms with Crippen LogP contribution < -0.4 is 41.2 Å². The van der Waals surface area contributed by atoms with E-state index in [0.717, 1.165) is 56.7 Å². The molecule has 22 heteroatoms. The maximum Gasteiger partial charge on any atom is 0.335 e. The SMILES string of the molecule is CCCCCCCCCCCC(=O)N[C@H]1[C@H](Oc2cc3cc(c2OC)Oc2ccc(cc2[N+](=O)[O-])C[C@@H](NC(=O)[C@H](N)CC(C)C)C(=O)N[C@@H](Cc2ccccc2)C(=O)N[C@H]3[C@H](O)C(=O)O)O[C@H](CO)[C@@H](O)[C@@H]1O. The van der Waals surface area contributed by atoms with E-state index in [9.17, 15) is 59.6 Å². The quantitative estimate of drug-likeness (QED) is 0.0349. The number of nitrogens with one attached hydrogen (secondary N) is 4. The molecule has 74 heavy (non-hydrogen) atoms. The van der Waals surface area contributed by atoms with Crippen molar-refractivity contribution in [2.45, 2.75) is 165 Å². The van der Waals surface area contributed by atoms with E-state index in [0.29, 0.717) is 12.0 Å². The van der Waals surface area contributed by atoms with Crippen LogP contribution in [0.4, 0.5) is 5.69 Å². The van der Waals surface area contributed by atoms with Crippen LogP contribution in [0.2, 0.25) is 0 Å². The number of nitrogens with two attached hydrogens (primary N) is 1. The summed E-state index contributed by atoms with van der Waals surface area (Å²) in [5.74, 6) is -6.54. The van der Waals surface area contributed by atoms with Gasteiger partial charge in [-0.1, -0.05) is 109 Å². The number of aliphatic hydroxyl groups is 4. The molecule has 1 saturated heterocycles. The third-order valence-corrected chi connectivity index (χ3v) is 12.9. The highest BCUT2D eigenvalue weighted by atomic mass is 16.7. The van der Waals surface area contributed by atoms with Crippen molar-refractivity contribution in [1.82, 2.24) is 21.3 Å². The normalized spacial score (nSPS) is 22.9. The van der Waals surface area contributed by atoms with E-state index in [1.54, 1.807) is 30.3 Å². The average Bonchev–Trinajstić information content (AvgIpc) is 3.36. The number of rotatable bonds is 24. The van der Waals surface area contributed by atoms with Crippen LogP contribution in [0.15, 0.2) is 60.7 Å². The second kappa shape index (κ2) is 28.3. The van der Waals surface area contributed by atoms with E-state index in [1.807, 2.05) is 13.8 Å². The first-order valence-corrected chi connectivity index (χ1v) is 25.2. The number of methoxy groups -OCH3 is 1. The largest absolute Gasteiger partial charge is 0.490 e. The summed E-state index contributed by atoms with van der Waals surface area (Å²) in [6.45, 7) is 5.03. The fraction of sp³-hybridized carbons (Fsp3) is 0.558. The lowest BCUT2D eigenvalue weighted by Crippen LogP contribution is -2.65. The van der Waals surface area contributed by atoms with E-state index >= 15 is 0 Å². The Morgan fingerprint density at radius 1 is 0.905 bits per heavy atom. The fourth-order valence-electron chi connectivity index (χ4n) is 8.91. The minimum absolute atomic E-state index is 0.00421. The summed E-state index contributed by atoms with van der Waals surface area (Å²) in [5.41, 5.74) is 5.98. The lowest BCUT2D eigenvalue weighted by Gasteiger charge is -2.42. The Morgan fingerprint density at radius 3 is 2.20 bits per heavy atom. The predicted molar refractivity (Wildman–Crippen MR) is 268 cm³/mol. The van der Waals surface area contributed by atoms with Gasteiger partial charge < -0.3 is 71.5 Å². The van der Waals surface area contributed by atoms with Gasteiger partial charge in [-0.2, -0.15) is 0 Å². The minimum atomic E-state index is -2.45. The number of fused-ring (bicyclic) bond motifs is 9. The highest BCUT2D eigenvalue weighted by molar-refractivity contribution is 5.93. The molecule has 0 aliphatic carbocycles. The molecule has 4 bridgehead atoms. The molecule has 406 valence electrons. The Labute approximate surface area is 429 Å². The van der Waals surface area contributed by atoms with E-state index in [1.165, 1.54) is 32.1 Å². The molecule has 3 aliphatic rings. The van der Waals surface area contributed by atoms with Crippen molar-refractivity contribution in [1.29, 1.82) is 0 Å². The van der Waals surface area contributed by atoms with Crippen LogP contribution in [0.25, 0.3) is 0 Å². The Bertz CT molecular complexity index is 2370. The number of carboxylic acid groups (broad SMARTS) is 1. The number of amides is 4. The number of carboxylic acids is 1. The highest BCUT2D eigenvalue weighted by Gasteiger charge is 2.47. The van der Waals surface area contributed by atoms with Gasteiger partial charge >= 0.3 is 11.7 Å². The van der Waals surface area contributed by atoms with Crippen LogP contribution in [0, 0.1) is 16.0 Å². The zero-order chi connectivity index (χ0) is 54.1. The van der Waals surface area contributed by atoms with Gasteiger partial charge in [0.25, 0.3) is 0 Å². The molecule has 6 rings (SSSR count). The fourth-order valence-corrected chi connectivity index (χ4v) is 8.91. The molecule has 1 fully saturated rings. The molecule has 3 heterocycles. The second-order valence-corrected chi connectivity index (χ2v) is 19.2. The van der Waals surface area contributed by atoms with E-state index in [4.69, 9.17) is 24.7 Å². The molecule has 0 radical (unpaired) electrons. The summed E-state index contributed by atoms with van der Waals surface area (Å²) in [6, 6.07) is 6.91. The maximum absolute atomic E-state index is 14.6. The molecule has 0 unspecified atom stereocenters. The van der Waals surface area contributed by atoms with Gasteiger partial charge in [0.2, 0.25) is 41.4 Å². The van der Waals surface area contributed by atoms with Gasteiger partial charge in [-0.3, -0.25) is 29.3 Å². The maximum atomic E-state index is 14.6. The number of nitro benzene ring substituents is 1. The van der Waals surface area contributed by atoms with Crippen LogP contribution >= 0.6 is 0 Å². The van der Waals surface area contributed by atoms with Gasteiger partial charge in [0.1, 0.15) is 36.4 Å². The average molecular weight is 1040 g/mol. The Balaban J connectivity index is 1.61. The minimum Gasteiger partial charge on any atom is -0.490 e. The first-order valence-electron chi connectivity index (χ1n) is 25.2. The smallest absolute Gasteiger partial charge is 0.335 e. The lowest BCUT2D eigenvalue weighted by molar-refractivity contribution is -0.385. The monoisotopic (exact) mass is 1040 g/mol. The summed E-state index contributed by atoms with van der Waals surface area (Å²) in [5, 5.41) is 77.5. The Kier molecular flexibility index (Phi) is 22.4. The molecule has 10 atom stereocenters. The summed E-state index contributed by atoms with van der Waals surface area (Å²) in [6.07, 6.45) is -0.450. The van der Waals surface area contributed by atoms with Crippen LogP contribution in [0.1, 0.15) is 114 Å². The number of nitrogens with zero attached hydrogens (tertiary/aromatic N) is 1. The number of hydrogen-bond acceptors (Lipinski definition) is 16. The first kappa shape index (κ1) is 58.5. The van der Waals surface area contributed by atoms with Gasteiger partial charge in [-0.15, -0.1) is 0 Å². The van der Waals surface area contributed by atoms with Gasteiger partial charge in [0.15, 0.2) is 17.6 Å². The number of ether oxygens (including phenoxy) is 4. The predicted octanol–water partition coefficient (Wildman–Crippen LogP) is 3.36. The number of aliphatic carboxylic acids is 1. The molecule has 11 N–H and O–H groups in total. The Morgan fingerprint density at radius 2 is 1.58 bits per heavy atom. The summed E-state index contributed by atoms with van der Waals surface area (Å²) in [4.78, 5) is 80.6. The number of carbonyl (C=O) groups is 5. The third-order valence-electron chi connectivity index (χ3n) is 12.9. The molecule has 22 nitrogen and oxygen atoms in total. The van der Waals surface area contributed by atoms with Crippen molar-refractivity contribution in [3.8, 4) is 23.0 Å². The number of carbonyl (C=O) groups excluding carboxylic acids is 4. The van der Waals surface area contributed by atoms with E-state index < -0.39 is 125 Å². The molecule has 0 spiro atoms. The topological polar surface area (TPSA) is 341 Å². The molecule has 3 aromatic carbocycles. The van der Waals surface area contributed by atoms with Gasteiger partial charge in [0.05, 0.1) is 30.7 Å². The van der Waals surface area contributed by atoms with Crippen LogP contribution in [0.5, 0.6) is 23.0 Å². The van der Waals surface area contributed by atoms with Crippen molar-refractivity contribution in [3.05, 3.63) is 87.5 Å². The van der Waals surface area contributed by atoms with Crippen molar-refractivity contribution < 1.29 is 73.4 Å². The standard InChI is InChI=1S/C52H72N6O16/c1-5-6-7-8-9-10-11-12-16-19-41(60)56-43-45(62)44(61)40(28-59)74-52(43)73-39-27-32-26-38(47(39)71-4)72-37-21-20-31(25-36(37)58(69)70)24-35(54-48(64)33(53)22-29(2)3)49(65)55-34(23-30-17-14-13-15-18-30)50(66)57-42(32)46(63)51(67)68/h13-15,17-18,20-21,25-27,29,33-35,40,42-46,52,59,61-63H,5-12,16,19,22-24,28,53H2,1-4H3,(H,54,64)(H,55,65)(H,56,60)(H,57,66)(H,67,68)/t33-,34+,35-,40-,42-,43-,44-,45-,46+,52-/m1/s1. The van der Waals surface area contributed by atoms with Crippen LogP contribution in [0.3, 0.4) is 0 Å². The number of aliphatic hydroxyl groups excluding tert-OH is 4. The van der Waals surface area contributed by atoms with Crippen molar-refractivity contribution >= 4 is 35.3 Å². The number of nitro groups is 1. The van der Waals surface area contributed by atoms with Crippen LogP contribution in [-0.2, 0) is 41.6 Å². The van der Waals surface area contributed by atoms with E-state index in [2.05, 4.69) is 28.2 Å². The molecular weight excluding hydrogens is 965 g/mol. The molecular formula is C52H72N6O16. The van der Waals surface area contributed by atoms with Crippen molar-refractivity contribution in [3.63, 3.8) is 0 Å². The second-order valence-electron chi connectivity index (χ2n) is 19.2. The van der Waals surface area contributed by atoms with Gasteiger partial charge in [0, 0.05) is 25.3 Å². The zero-order valence-corrected chi connectivity index (χ0v) is 42.3. The number of unbranched alkanes of at least 4 members (excludes halogenated alkanes) is 8. The third kappa shape index (κ3) is 16.3. The number of hydrogen-bond donors (Lipinski definition) is 10. The summed E-state index contributed by atoms with van der Waals surface area (Å²) in [7, 11) is 1.17. The zero-order valence-electron chi connectivity index (χ0n) is 42.3. The lowest BCUT2D eigenvalue weighted by atomic mass is 9.96. The highest BCUT2D eigenvalue weighted by Crippen LogP contribution is 2.45. The van der Waals surface area contributed by atoms with Crippen LogP contribution in [-0.4, -0.2) is 129 Å². The van der Waals surface area contributed by atoms with Crippen molar-refractivity contribution in [2.75, 3.05) is 13.7 Å². The molecule has 0 saturated carbocycles. The number of benzene rings is 3. The van der Waals surface area contributed by atoms with E-state index in [-0.39, 0.29) is 48.5 Å². The molecule has 0 aromatic heterocycles. The first-order chi connectivity index (χ1) is 35.3. The van der Waals surface area contributed by atoms with Gasteiger partial charge in [-0.05, 0) is 53.6 Å². The molecule has 3 aliphatic heterocycles. The summed E-state index contributed by atoms with van der Waals surface area (Å²) >= 11 is 0. The molecule has 4 amide bonds. The van der Waals surface area contributed by atoms with Gasteiger partial charge in [-0.25, -0.2) is 4.79 Å². The molecule has 3 aromatic rings. The van der Waals surface area contributed by atoms with Crippen molar-refractivity contribution in [2.24, 2.45) is 11.7 Å².